The molecule has 0 atom stereocenters. The Morgan fingerprint density at radius 2 is 1.71 bits per heavy atom. The molecule has 0 aliphatic carbocycles. The second kappa shape index (κ2) is 12.3. The van der Waals surface area contributed by atoms with Gasteiger partial charge in [0.25, 0.3) is 0 Å². The molecule has 4 rings (SSSR count). The van der Waals surface area contributed by atoms with E-state index < -0.39 is 0 Å². The Morgan fingerprint density at radius 1 is 0.971 bits per heavy atom. The van der Waals surface area contributed by atoms with Crippen LogP contribution in [-0.4, -0.2) is 33.5 Å². The molecule has 2 N–H and O–H groups in total. The summed E-state index contributed by atoms with van der Waals surface area (Å²) in [4.78, 5) is 12.4. The highest BCUT2D eigenvalue weighted by atomic mass is 35.5. The maximum absolute atomic E-state index is 12.4. The minimum Gasteiger partial charge on any atom is -0.496 e. The second-order valence-electron chi connectivity index (χ2n) is 7.62. The van der Waals surface area contributed by atoms with E-state index in [2.05, 4.69) is 20.8 Å². The smallest absolute Gasteiger partial charge is 0.221 e. The van der Waals surface area contributed by atoms with Crippen LogP contribution in [-0.2, 0) is 17.9 Å². The van der Waals surface area contributed by atoms with Crippen LogP contribution in [0.25, 0.3) is 5.69 Å². The maximum Gasteiger partial charge on any atom is 0.221 e. The SMILES string of the molecule is COc1ccccc1CNC(=O)CCSc1nnc(CNc2ccc(Cl)cc2)n1-c1ccccc1. The van der Waals surface area contributed by atoms with Crippen LogP contribution < -0.4 is 15.4 Å². The van der Waals surface area contributed by atoms with E-state index in [0.717, 1.165) is 33.7 Å². The van der Waals surface area contributed by atoms with Crippen molar-refractivity contribution in [2.24, 2.45) is 0 Å². The van der Waals surface area contributed by atoms with Crippen molar-refractivity contribution in [1.82, 2.24) is 20.1 Å². The number of aromatic nitrogens is 3. The number of carbonyl (C=O) groups excluding carboxylic acids is 1. The minimum absolute atomic E-state index is 0.0289. The van der Waals surface area contributed by atoms with E-state index in [1.54, 1.807) is 7.11 Å². The predicted molar refractivity (Wildman–Crippen MR) is 140 cm³/mol. The van der Waals surface area contributed by atoms with Gasteiger partial charge in [-0.15, -0.1) is 10.2 Å². The van der Waals surface area contributed by atoms with E-state index in [0.29, 0.717) is 30.3 Å². The van der Waals surface area contributed by atoms with E-state index in [4.69, 9.17) is 16.3 Å². The van der Waals surface area contributed by atoms with Gasteiger partial charge in [0.1, 0.15) is 5.75 Å². The summed E-state index contributed by atoms with van der Waals surface area (Å²) in [7, 11) is 1.62. The lowest BCUT2D eigenvalue weighted by Gasteiger charge is -2.12. The number of benzene rings is 3. The molecule has 180 valence electrons. The lowest BCUT2D eigenvalue weighted by Crippen LogP contribution is -2.23. The molecule has 0 aliphatic rings. The minimum atomic E-state index is -0.0289. The molecule has 0 bridgehead atoms. The quantitative estimate of drug-likeness (QED) is 0.267. The van der Waals surface area contributed by atoms with Crippen LogP contribution in [0.15, 0.2) is 84.0 Å². The van der Waals surface area contributed by atoms with Crippen LogP contribution in [0.1, 0.15) is 17.8 Å². The van der Waals surface area contributed by atoms with Gasteiger partial charge in [-0.1, -0.05) is 59.8 Å². The fourth-order valence-corrected chi connectivity index (χ4v) is 4.49. The molecule has 1 amide bonds. The highest BCUT2D eigenvalue weighted by Crippen LogP contribution is 2.24. The van der Waals surface area contributed by atoms with Gasteiger partial charge >= 0.3 is 0 Å². The summed E-state index contributed by atoms with van der Waals surface area (Å²) in [5.41, 5.74) is 2.85. The monoisotopic (exact) mass is 507 g/mol. The molecule has 35 heavy (non-hydrogen) atoms. The number of nitrogens with one attached hydrogen (secondary N) is 2. The van der Waals surface area contributed by atoms with E-state index in [1.807, 2.05) is 83.4 Å². The summed E-state index contributed by atoms with van der Waals surface area (Å²) in [6.45, 7) is 0.914. The van der Waals surface area contributed by atoms with Gasteiger partial charge in [-0.05, 0) is 42.5 Å². The highest BCUT2D eigenvalue weighted by Gasteiger charge is 2.15. The van der Waals surface area contributed by atoms with Crippen molar-refractivity contribution in [3.63, 3.8) is 0 Å². The number of thioether (sulfide) groups is 1. The van der Waals surface area contributed by atoms with Crippen LogP contribution >= 0.6 is 23.4 Å². The molecule has 1 heterocycles. The van der Waals surface area contributed by atoms with E-state index in [9.17, 15) is 4.79 Å². The van der Waals surface area contributed by atoms with Crippen LogP contribution in [0.3, 0.4) is 0 Å². The average Bonchev–Trinajstić information content (AvgIpc) is 3.30. The van der Waals surface area contributed by atoms with Crippen LogP contribution in [0.5, 0.6) is 5.75 Å². The zero-order chi connectivity index (χ0) is 24.5. The van der Waals surface area contributed by atoms with Gasteiger partial charge in [-0.3, -0.25) is 9.36 Å². The number of amides is 1. The van der Waals surface area contributed by atoms with Crippen molar-refractivity contribution in [3.8, 4) is 11.4 Å². The van der Waals surface area contributed by atoms with Crippen molar-refractivity contribution < 1.29 is 9.53 Å². The summed E-state index contributed by atoms with van der Waals surface area (Å²) < 4.78 is 7.36. The van der Waals surface area contributed by atoms with Crippen molar-refractivity contribution in [3.05, 3.63) is 95.3 Å². The summed E-state index contributed by atoms with van der Waals surface area (Å²) in [6, 6.07) is 25.1. The van der Waals surface area contributed by atoms with E-state index in [-0.39, 0.29) is 5.91 Å². The average molecular weight is 508 g/mol. The third-order valence-corrected chi connectivity index (χ3v) is 6.42. The Balaban J connectivity index is 1.38. The zero-order valence-corrected chi connectivity index (χ0v) is 20.9. The van der Waals surface area contributed by atoms with Crippen molar-refractivity contribution in [2.75, 3.05) is 18.2 Å². The van der Waals surface area contributed by atoms with Crippen LogP contribution in [0, 0.1) is 0 Å². The normalized spacial score (nSPS) is 10.7. The zero-order valence-electron chi connectivity index (χ0n) is 19.3. The Bertz CT molecular complexity index is 1250. The number of methoxy groups -OCH3 is 1. The van der Waals surface area contributed by atoms with Gasteiger partial charge in [0.15, 0.2) is 11.0 Å². The Hall–Kier alpha value is -3.49. The molecule has 0 unspecified atom stereocenters. The summed E-state index contributed by atoms with van der Waals surface area (Å²) >= 11 is 7.48. The third kappa shape index (κ3) is 6.77. The van der Waals surface area contributed by atoms with Crippen LogP contribution in [0.2, 0.25) is 5.02 Å². The number of rotatable bonds is 11. The van der Waals surface area contributed by atoms with Gasteiger partial charge in [0.05, 0.1) is 13.7 Å². The topological polar surface area (TPSA) is 81.1 Å². The van der Waals surface area contributed by atoms with E-state index >= 15 is 0 Å². The first-order chi connectivity index (χ1) is 17.1. The number of hydrogen-bond acceptors (Lipinski definition) is 6. The first kappa shape index (κ1) is 24.6. The van der Waals surface area contributed by atoms with Gasteiger partial charge < -0.3 is 15.4 Å². The Kier molecular flexibility index (Phi) is 8.64. The number of carbonyl (C=O) groups is 1. The molecule has 0 aliphatic heterocycles. The van der Waals surface area contributed by atoms with Crippen LogP contribution in [0.4, 0.5) is 5.69 Å². The second-order valence-corrected chi connectivity index (χ2v) is 9.12. The molecule has 9 heteroatoms. The molecule has 7 nitrogen and oxygen atoms in total. The maximum atomic E-state index is 12.4. The van der Waals surface area contributed by atoms with Crippen molar-refractivity contribution >= 4 is 35.0 Å². The number of para-hydroxylation sites is 2. The molecular weight excluding hydrogens is 482 g/mol. The standard InChI is InChI=1S/C26H26ClN5O2S/c1-34-23-10-6-5-7-19(23)17-29-25(33)15-16-35-26-31-30-24(32(26)22-8-3-2-4-9-22)18-28-21-13-11-20(27)12-14-21/h2-14,28H,15-18H2,1H3,(H,29,33). The molecule has 0 spiro atoms. The first-order valence-electron chi connectivity index (χ1n) is 11.1. The molecule has 0 radical (unpaired) electrons. The lowest BCUT2D eigenvalue weighted by molar-refractivity contribution is -0.120. The lowest BCUT2D eigenvalue weighted by atomic mass is 10.2. The molecule has 1 aromatic heterocycles. The summed E-state index contributed by atoms with van der Waals surface area (Å²) in [6.07, 6.45) is 0.361. The number of hydrogen-bond donors (Lipinski definition) is 2. The molecule has 0 saturated heterocycles. The van der Waals surface area contributed by atoms with Gasteiger partial charge in [0, 0.05) is 40.7 Å². The van der Waals surface area contributed by atoms with E-state index in [1.165, 1.54) is 11.8 Å². The fraction of sp³-hybridized carbons (Fsp3) is 0.192. The largest absolute Gasteiger partial charge is 0.496 e. The van der Waals surface area contributed by atoms with Crippen molar-refractivity contribution in [1.29, 1.82) is 0 Å². The van der Waals surface area contributed by atoms with Gasteiger partial charge in [0.2, 0.25) is 5.91 Å². The number of nitrogens with zero attached hydrogens (tertiary/aromatic N) is 3. The molecule has 0 saturated carbocycles. The third-order valence-electron chi connectivity index (χ3n) is 5.24. The summed E-state index contributed by atoms with van der Waals surface area (Å²) in [5.74, 6) is 2.08. The Labute approximate surface area is 213 Å². The number of halogens is 1. The highest BCUT2D eigenvalue weighted by molar-refractivity contribution is 7.99. The molecule has 0 fully saturated rings. The molecular formula is C26H26ClN5O2S. The Morgan fingerprint density at radius 3 is 2.49 bits per heavy atom. The molecule has 4 aromatic rings. The first-order valence-corrected chi connectivity index (χ1v) is 12.5. The predicted octanol–water partition coefficient (Wildman–Crippen LogP) is 5.34. The van der Waals surface area contributed by atoms with Gasteiger partial charge in [-0.2, -0.15) is 0 Å². The molecule has 3 aromatic carbocycles. The fourth-order valence-electron chi connectivity index (χ4n) is 3.46. The summed E-state index contributed by atoms with van der Waals surface area (Å²) in [5, 5.41) is 16.6. The number of ether oxygens (including phenoxy) is 1. The number of anilines is 1. The van der Waals surface area contributed by atoms with Crippen molar-refractivity contribution in [2.45, 2.75) is 24.7 Å². The van der Waals surface area contributed by atoms with Gasteiger partial charge in [-0.25, -0.2) is 0 Å².